The summed E-state index contributed by atoms with van der Waals surface area (Å²) in [6.07, 6.45) is -3.43. The number of carbonyl (C=O) groups excluding carboxylic acids is 1. The zero-order chi connectivity index (χ0) is 13.9. The quantitative estimate of drug-likeness (QED) is 0.543. The van der Waals surface area contributed by atoms with Crippen LogP contribution in [-0.2, 0) is 9.53 Å². The van der Waals surface area contributed by atoms with Crippen LogP contribution < -0.4 is 0 Å². The highest BCUT2D eigenvalue weighted by molar-refractivity contribution is 5.90. The summed E-state index contributed by atoms with van der Waals surface area (Å²) in [4.78, 5) is 21.6. The molecule has 1 rings (SSSR count). The third kappa shape index (κ3) is 2.76. The highest BCUT2D eigenvalue weighted by Gasteiger charge is 2.27. The average molecular weight is 256 g/mol. The zero-order valence-corrected chi connectivity index (χ0v) is 9.40. The normalized spacial score (nSPS) is 13.7. The second-order valence-corrected chi connectivity index (χ2v) is 3.49. The second kappa shape index (κ2) is 5.48. The van der Waals surface area contributed by atoms with Crippen LogP contribution >= 0.6 is 0 Å². The first kappa shape index (κ1) is 13.9. The van der Waals surface area contributed by atoms with Gasteiger partial charge < -0.3 is 25.2 Å². The van der Waals surface area contributed by atoms with Gasteiger partial charge >= 0.3 is 11.9 Å². The van der Waals surface area contributed by atoms with Gasteiger partial charge in [-0.15, -0.1) is 0 Å². The van der Waals surface area contributed by atoms with E-state index in [4.69, 9.17) is 5.11 Å². The van der Waals surface area contributed by atoms with E-state index in [1.807, 2.05) is 0 Å². The molecule has 0 aromatic heterocycles. The lowest BCUT2D eigenvalue weighted by Crippen LogP contribution is -2.29. The maximum Gasteiger partial charge on any atom is 0.339 e. The number of benzene rings is 1. The standard InChI is InChI=1S/C11H12O7/c1-18-11(17)9(14)8(13)5-2-3-6(10(15)16)7(12)4-5/h2-4,8-9,12-14H,1H3,(H,15,16). The van der Waals surface area contributed by atoms with Gasteiger partial charge in [0.25, 0.3) is 0 Å². The number of carbonyl (C=O) groups is 2. The third-order valence-corrected chi connectivity index (χ3v) is 2.34. The molecule has 1 aromatic rings. The fraction of sp³-hybridized carbons (Fsp3) is 0.273. The fourth-order valence-corrected chi connectivity index (χ4v) is 1.35. The number of aliphatic hydroxyl groups is 2. The minimum atomic E-state index is -1.81. The minimum absolute atomic E-state index is 0.00426. The molecular formula is C11H12O7. The Morgan fingerprint density at radius 1 is 1.28 bits per heavy atom. The Labute approximate surface area is 102 Å². The van der Waals surface area contributed by atoms with Crippen LogP contribution in [0.1, 0.15) is 22.0 Å². The molecule has 0 bridgehead atoms. The van der Waals surface area contributed by atoms with Crippen molar-refractivity contribution < 1.29 is 34.8 Å². The van der Waals surface area contributed by atoms with E-state index in [1.54, 1.807) is 0 Å². The SMILES string of the molecule is COC(=O)C(O)C(O)c1ccc(C(=O)O)c(O)c1. The van der Waals surface area contributed by atoms with Crippen molar-refractivity contribution in [3.63, 3.8) is 0 Å². The maximum atomic E-state index is 11.0. The summed E-state index contributed by atoms with van der Waals surface area (Å²) in [5, 5.41) is 37.1. The Kier molecular flexibility index (Phi) is 4.24. The highest BCUT2D eigenvalue weighted by atomic mass is 16.5. The van der Waals surface area contributed by atoms with Crippen LogP contribution in [0.2, 0.25) is 0 Å². The number of ether oxygens (including phenoxy) is 1. The lowest BCUT2D eigenvalue weighted by Gasteiger charge is -2.16. The molecule has 1 aromatic carbocycles. The number of hydrogen-bond acceptors (Lipinski definition) is 6. The van der Waals surface area contributed by atoms with E-state index in [9.17, 15) is 24.9 Å². The molecule has 18 heavy (non-hydrogen) atoms. The van der Waals surface area contributed by atoms with Gasteiger partial charge in [-0.05, 0) is 17.7 Å². The van der Waals surface area contributed by atoms with Crippen LogP contribution in [-0.4, -0.2) is 45.6 Å². The molecule has 7 heteroatoms. The Morgan fingerprint density at radius 3 is 2.33 bits per heavy atom. The van der Waals surface area contributed by atoms with Gasteiger partial charge in [-0.2, -0.15) is 0 Å². The number of hydrogen-bond donors (Lipinski definition) is 4. The smallest absolute Gasteiger partial charge is 0.339 e. The number of aromatic hydroxyl groups is 1. The molecule has 0 aliphatic heterocycles. The summed E-state index contributed by atoms with van der Waals surface area (Å²) in [5.41, 5.74) is -0.353. The van der Waals surface area contributed by atoms with Crippen molar-refractivity contribution >= 4 is 11.9 Å². The highest BCUT2D eigenvalue weighted by Crippen LogP contribution is 2.25. The monoisotopic (exact) mass is 256 g/mol. The van der Waals surface area contributed by atoms with Crippen molar-refractivity contribution in [3.8, 4) is 5.75 Å². The van der Waals surface area contributed by atoms with Gasteiger partial charge in [0.15, 0.2) is 6.10 Å². The number of phenols is 1. The van der Waals surface area contributed by atoms with Gasteiger partial charge in [0.2, 0.25) is 0 Å². The third-order valence-electron chi connectivity index (χ3n) is 2.34. The number of esters is 1. The Hall–Kier alpha value is -2.12. The summed E-state index contributed by atoms with van der Waals surface area (Å²) in [6.45, 7) is 0. The molecule has 2 unspecified atom stereocenters. The maximum absolute atomic E-state index is 11.0. The predicted molar refractivity (Wildman–Crippen MR) is 58.0 cm³/mol. The van der Waals surface area contributed by atoms with Gasteiger partial charge in [-0.25, -0.2) is 9.59 Å². The van der Waals surface area contributed by atoms with E-state index in [2.05, 4.69) is 4.74 Å². The van der Waals surface area contributed by atoms with Crippen molar-refractivity contribution in [1.29, 1.82) is 0 Å². The van der Waals surface area contributed by atoms with Crippen LogP contribution in [0, 0.1) is 0 Å². The summed E-state index contributed by atoms with van der Waals surface area (Å²) in [7, 11) is 1.04. The van der Waals surface area contributed by atoms with E-state index in [1.165, 1.54) is 6.07 Å². The van der Waals surface area contributed by atoms with Gasteiger partial charge in [-0.1, -0.05) is 6.07 Å². The fourth-order valence-electron chi connectivity index (χ4n) is 1.35. The molecule has 0 saturated carbocycles. The van der Waals surface area contributed by atoms with Crippen molar-refractivity contribution in [2.24, 2.45) is 0 Å². The number of carboxylic acid groups (broad SMARTS) is 1. The first-order valence-corrected chi connectivity index (χ1v) is 4.88. The van der Waals surface area contributed by atoms with E-state index < -0.39 is 29.9 Å². The van der Waals surface area contributed by atoms with Gasteiger partial charge in [-0.3, -0.25) is 0 Å². The lowest BCUT2D eigenvalue weighted by molar-refractivity contribution is -0.156. The Bertz CT molecular complexity index is 468. The molecule has 0 amide bonds. The molecule has 2 atom stereocenters. The van der Waals surface area contributed by atoms with Crippen LogP contribution in [0.5, 0.6) is 5.75 Å². The number of aromatic carboxylic acids is 1. The number of carboxylic acids is 1. The van der Waals surface area contributed by atoms with Crippen LogP contribution in [0.4, 0.5) is 0 Å². The van der Waals surface area contributed by atoms with Crippen molar-refractivity contribution in [2.45, 2.75) is 12.2 Å². The Balaban J connectivity index is 3.01. The molecule has 0 aliphatic carbocycles. The van der Waals surface area contributed by atoms with Gasteiger partial charge in [0.1, 0.15) is 17.4 Å². The van der Waals surface area contributed by atoms with Gasteiger partial charge in [0, 0.05) is 0 Å². The number of aliphatic hydroxyl groups excluding tert-OH is 2. The summed E-state index contributed by atoms with van der Waals surface area (Å²) < 4.78 is 4.24. The van der Waals surface area contributed by atoms with Crippen molar-refractivity contribution in [2.75, 3.05) is 7.11 Å². The minimum Gasteiger partial charge on any atom is -0.507 e. The van der Waals surface area contributed by atoms with Crippen LogP contribution in [0.15, 0.2) is 18.2 Å². The summed E-state index contributed by atoms with van der Waals surface area (Å²) >= 11 is 0. The number of methoxy groups -OCH3 is 1. The van der Waals surface area contributed by atoms with E-state index >= 15 is 0 Å². The molecule has 7 nitrogen and oxygen atoms in total. The first-order valence-electron chi connectivity index (χ1n) is 4.88. The molecule has 0 spiro atoms. The van der Waals surface area contributed by atoms with E-state index in [0.29, 0.717) is 0 Å². The Morgan fingerprint density at radius 2 is 1.89 bits per heavy atom. The molecule has 0 fully saturated rings. The molecule has 0 saturated heterocycles. The predicted octanol–water partition coefficient (Wildman–Crippen LogP) is -0.342. The van der Waals surface area contributed by atoms with Gasteiger partial charge in [0.05, 0.1) is 7.11 Å². The van der Waals surface area contributed by atoms with E-state index in [0.717, 1.165) is 19.2 Å². The second-order valence-electron chi connectivity index (χ2n) is 3.49. The summed E-state index contributed by atoms with van der Waals surface area (Å²) in [5.74, 6) is -2.94. The van der Waals surface area contributed by atoms with Crippen molar-refractivity contribution in [3.05, 3.63) is 29.3 Å². The largest absolute Gasteiger partial charge is 0.507 e. The lowest BCUT2D eigenvalue weighted by atomic mass is 10.0. The van der Waals surface area contributed by atoms with Crippen molar-refractivity contribution in [1.82, 2.24) is 0 Å². The zero-order valence-electron chi connectivity index (χ0n) is 9.40. The molecule has 98 valence electrons. The topological polar surface area (TPSA) is 124 Å². The average Bonchev–Trinajstić information content (AvgIpc) is 2.35. The van der Waals surface area contributed by atoms with Crippen LogP contribution in [0.3, 0.4) is 0 Å². The molecular weight excluding hydrogens is 244 g/mol. The molecule has 0 radical (unpaired) electrons. The molecule has 0 aliphatic rings. The molecule has 4 N–H and O–H groups in total. The summed E-state index contributed by atoms with van der Waals surface area (Å²) in [6, 6.07) is 3.19. The molecule has 0 heterocycles. The van der Waals surface area contributed by atoms with Crippen LogP contribution in [0.25, 0.3) is 0 Å². The van der Waals surface area contributed by atoms with E-state index in [-0.39, 0.29) is 11.1 Å². The first-order chi connectivity index (χ1) is 8.38. The number of rotatable bonds is 4.